The highest BCUT2D eigenvalue weighted by Gasteiger charge is 2.15. The number of nitrogens with zero attached hydrogens (tertiary/aromatic N) is 8. The van der Waals surface area contributed by atoms with Gasteiger partial charge in [-0.1, -0.05) is 30.1 Å². The summed E-state index contributed by atoms with van der Waals surface area (Å²) in [5.74, 6) is 0. The molecule has 0 radical (unpaired) electrons. The Morgan fingerprint density at radius 2 is 1.53 bits per heavy atom. The predicted octanol–water partition coefficient (Wildman–Crippen LogP) is 4.11. The molecule has 0 unspecified atom stereocenters. The van der Waals surface area contributed by atoms with E-state index in [9.17, 15) is 0 Å². The lowest BCUT2D eigenvalue weighted by molar-refractivity contribution is 0.645. The van der Waals surface area contributed by atoms with Crippen LogP contribution in [-0.4, -0.2) is 64.3 Å². The Morgan fingerprint density at radius 3 is 2.20 bits per heavy atom. The zero-order valence-electron chi connectivity index (χ0n) is 17.0. The number of thioether (sulfide) groups is 4. The average Bonchev–Trinajstić information content (AvgIpc) is 3.36. The molecule has 0 amide bonds. The molecular formula is C18H20N8S4. The zero-order valence-corrected chi connectivity index (χ0v) is 20.3. The van der Waals surface area contributed by atoms with Crippen LogP contribution in [0.25, 0.3) is 22.2 Å². The lowest BCUT2D eigenvalue weighted by atomic mass is 10.3. The van der Waals surface area contributed by atoms with E-state index in [-0.39, 0.29) is 0 Å². The van der Waals surface area contributed by atoms with Gasteiger partial charge in [0.1, 0.15) is 15.6 Å². The van der Waals surface area contributed by atoms with Gasteiger partial charge in [-0.25, -0.2) is 29.6 Å². The number of rotatable bonds is 8. The molecule has 0 atom stereocenters. The van der Waals surface area contributed by atoms with Gasteiger partial charge in [0, 0.05) is 6.54 Å². The molecule has 4 aromatic heterocycles. The van der Waals surface area contributed by atoms with Crippen LogP contribution in [0.1, 0.15) is 0 Å². The van der Waals surface area contributed by atoms with Crippen molar-refractivity contribution in [1.29, 1.82) is 0 Å². The Kier molecular flexibility index (Phi) is 6.56. The highest BCUT2D eigenvalue weighted by atomic mass is 32.2. The quantitative estimate of drug-likeness (QED) is 0.160. The van der Waals surface area contributed by atoms with Gasteiger partial charge in [-0.05, 0) is 30.6 Å². The maximum absolute atomic E-state index is 4.66. The van der Waals surface area contributed by atoms with Crippen molar-refractivity contribution >= 4 is 69.2 Å². The van der Waals surface area contributed by atoms with E-state index in [2.05, 4.69) is 36.6 Å². The highest BCUT2D eigenvalue weighted by molar-refractivity contribution is 7.99. The summed E-state index contributed by atoms with van der Waals surface area (Å²) in [4.78, 5) is 23.0. The van der Waals surface area contributed by atoms with E-state index in [4.69, 9.17) is 0 Å². The molecule has 0 aromatic carbocycles. The smallest absolute Gasteiger partial charge is 0.190 e. The first-order valence-electron chi connectivity index (χ1n) is 8.87. The lowest BCUT2D eigenvalue weighted by Crippen LogP contribution is -2.09. The molecule has 0 bridgehead atoms. The van der Waals surface area contributed by atoms with Crippen LogP contribution in [0.3, 0.4) is 0 Å². The largest absolute Gasteiger partial charge is 0.311 e. The second kappa shape index (κ2) is 9.16. The van der Waals surface area contributed by atoms with E-state index in [1.54, 1.807) is 29.9 Å². The molecule has 4 aromatic rings. The second-order valence-corrected chi connectivity index (χ2v) is 9.41. The Hall–Kier alpha value is -1.76. The van der Waals surface area contributed by atoms with Crippen molar-refractivity contribution in [3.05, 3.63) is 24.7 Å². The molecule has 0 aliphatic heterocycles. The predicted molar refractivity (Wildman–Crippen MR) is 127 cm³/mol. The Bertz CT molecular complexity index is 1140. The van der Waals surface area contributed by atoms with E-state index in [1.165, 1.54) is 23.5 Å². The van der Waals surface area contributed by atoms with Crippen molar-refractivity contribution < 1.29 is 0 Å². The summed E-state index contributed by atoms with van der Waals surface area (Å²) in [7, 11) is 0. The van der Waals surface area contributed by atoms with Crippen molar-refractivity contribution in [1.82, 2.24) is 39.3 Å². The van der Waals surface area contributed by atoms with Gasteiger partial charge in [-0.2, -0.15) is 5.10 Å². The molecule has 0 spiro atoms. The van der Waals surface area contributed by atoms with E-state index < -0.39 is 0 Å². The summed E-state index contributed by atoms with van der Waals surface area (Å²) in [6.07, 6.45) is 11.6. The molecule has 0 saturated carbocycles. The number of hydrogen-bond acceptors (Lipinski definition) is 10. The maximum atomic E-state index is 4.66. The summed E-state index contributed by atoms with van der Waals surface area (Å²) in [6.45, 7) is 5.41. The fourth-order valence-electron chi connectivity index (χ4n) is 3.02. The monoisotopic (exact) mass is 476 g/mol. The van der Waals surface area contributed by atoms with Crippen molar-refractivity contribution in [3.8, 4) is 0 Å². The number of fused-ring (bicyclic) bond motifs is 2. The van der Waals surface area contributed by atoms with Gasteiger partial charge in [0.05, 0.1) is 24.5 Å². The van der Waals surface area contributed by atoms with Crippen molar-refractivity contribution in [2.45, 2.75) is 33.5 Å². The normalized spacial score (nSPS) is 11.6. The maximum Gasteiger partial charge on any atom is 0.190 e. The topological polar surface area (TPSA) is 87.2 Å². The minimum atomic E-state index is 0.553. The molecule has 0 saturated heterocycles. The van der Waals surface area contributed by atoms with Crippen LogP contribution in [0.4, 0.5) is 0 Å². The lowest BCUT2D eigenvalue weighted by Gasteiger charge is -2.10. The molecule has 4 heterocycles. The summed E-state index contributed by atoms with van der Waals surface area (Å²) >= 11 is 6.23. The third-order valence-electron chi connectivity index (χ3n) is 4.37. The minimum Gasteiger partial charge on any atom is -0.311 e. The molecule has 0 aliphatic rings. The third kappa shape index (κ3) is 4.05. The van der Waals surface area contributed by atoms with Gasteiger partial charge in [0.15, 0.2) is 21.6 Å². The summed E-state index contributed by atoms with van der Waals surface area (Å²) in [6, 6.07) is 0. The molecular weight excluding hydrogens is 457 g/mol. The molecule has 0 aliphatic carbocycles. The SMILES string of the molecule is C=C(Cn1cnc2c(SC)nc(SC)nc21)Cn1ncc2c(SC)nc(SC)nc21. The first-order chi connectivity index (χ1) is 14.6. The van der Waals surface area contributed by atoms with Gasteiger partial charge < -0.3 is 4.57 Å². The molecule has 12 heteroatoms. The van der Waals surface area contributed by atoms with Crippen LogP contribution in [0.5, 0.6) is 0 Å². The van der Waals surface area contributed by atoms with Crippen LogP contribution in [0.15, 0.2) is 45.0 Å². The van der Waals surface area contributed by atoms with Crippen molar-refractivity contribution in [3.63, 3.8) is 0 Å². The van der Waals surface area contributed by atoms with Crippen LogP contribution in [0, 0.1) is 0 Å². The molecule has 8 nitrogen and oxygen atoms in total. The van der Waals surface area contributed by atoms with Crippen LogP contribution in [-0.2, 0) is 13.1 Å². The number of aromatic nitrogens is 8. The fraction of sp³-hybridized carbons (Fsp3) is 0.333. The van der Waals surface area contributed by atoms with E-state index in [0.29, 0.717) is 13.1 Å². The Morgan fingerprint density at radius 1 is 0.867 bits per heavy atom. The first-order valence-corrected chi connectivity index (χ1v) is 13.8. The molecule has 30 heavy (non-hydrogen) atoms. The number of imidazole rings is 1. The van der Waals surface area contributed by atoms with Crippen LogP contribution < -0.4 is 0 Å². The van der Waals surface area contributed by atoms with E-state index >= 15 is 0 Å². The van der Waals surface area contributed by atoms with Crippen LogP contribution in [0.2, 0.25) is 0 Å². The van der Waals surface area contributed by atoms with Gasteiger partial charge in [0.25, 0.3) is 0 Å². The van der Waals surface area contributed by atoms with Gasteiger partial charge in [-0.3, -0.25) is 0 Å². The van der Waals surface area contributed by atoms with Gasteiger partial charge >= 0.3 is 0 Å². The van der Waals surface area contributed by atoms with E-state index in [1.807, 2.05) is 40.5 Å². The molecule has 156 valence electrons. The van der Waals surface area contributed by atoms with Crippen molar-refractivity contribution in [2.75, 3.05) is 25.0 Å². The Balaban J connectivity index is 1.63. The zero-order chi connectivity index (χ0) is 21.3. The molecule has 0 fully saturated rings. The Labute approximate surface area is 191 Å². The number of hydrogen-bond donors (Lipinski definition) is 0. The average molecular weight is 477 g/mol. The first kappa shape index (κ1) is 21.5. The summed E-state index contributed by atoms with van der Waals surface area (Å²) < 4.78 is 3.90. The molecule has 0 N–H and O–H groups in total. The van der Waals surface area contributed by atoms with Gasteiger partial charge in [0.2, 0.25) is 0 Å². The van der Waals surface area contributed by atoms with Crippen LogP contribution >= 0.6 is 47.0 Å². The summed E-state index contributed by atoms with van der Waals surface area (Å²) in [5, 5.41) is 8.81. The third-order valence-corrected chi connectivity index (χ3v) is 6.84. The minimum absolute atomic E-state index is 0.553. The highest BCUT2D eigenvalue weighted by Crippen LogP contribution is 2.27. The fourth-order valence-corrected chi connectivity index (χ4v) is 4.92. The van der Waals surface area contributed by atoms with Gasteiger partial charge in [-0.15, -0.1) is 23.5 Å². The van der Waals surface area contributed by atoms with Crippen molar-refractivity contribution in [2.24, 2.45) is 0 Å². The van der Waals surface area contributed by atoms with E-state index in [0.717, 1.165) is 48.1 Å². The second-order valence-electron chi connectivity index (χ2n) is 6.27. The molecule has 4 rings (SSSR count). The summed E-state index contributed by atoms with van der Waals surface area (Å²) in [5.41, 5.74) is 3.44. The number of allylic oxidation sites excluding steroid dienone is 1. The standard InChI is InChI=1S/C18H20N8S4/c1-10(7-25-9-19-12-14(25)22-18(30-5)24-16(12)28-3)8-26-13-11(6-20-26)15(27-2)23-17(21-13)29-4/h6,9H,1,7-8H2,2-5H3.